The maximum atomic E-state index is 13.0. The van der Waals surface area contributed by atoms with Crippen molar-refractivity contribution in [2.24, 2.45) is 5.92 Å². The van der Waals surface area contributed by atoms with E-state index in [9.17, 15) is 23.3 Å². The van der Waals surface area contributed by atoms with Gasteiger partial charge in [-0.25, -0.2) is 13.4 Å². The van der Waals surface area contributed by atoms with E-state index in [0.717, 1.165) is 11.3 Å². The van der Waals surface area contributed by atoms with Crippen LogP contribution in [0.5, 0.6) is 5.75 Å². The molecule has 10 nitrogen and oxygen atoms in total. The predicted octanol–water partition coefficient (Wildman–Crippen LogP) is 3.91. The van der Waals surface area contributed by atoms with Crippen molar-refractivity contribution < 1.29 is 22.9 Å². The van der Waals surface area contributed by atoms with Gasteiger partial charge >= 0.3 is 0 Å². The Labute approximate surface area is 198 Å². The van der Waals surface area contributed by atoms with Gasteiger partial charge in [0.2, 0.25) is 15.9 Å². The van der Waals surface area contributed by atoms with E-state index in [1.165, 1.54) is 47.8 Å². The number of hydrogen-bond donors (Lipinski definition) is 1. The minimum Gasteiger partial charge on any atom is -0.494 e. The van der Waals surface area contributed by atoms with Crippen molar-refractivity contribution in [2.45, 2.75) is 17.7 Å². The Kier molecular flexibility index (Phi) is 6.52. The molecule has 2 aromatic carbocycles. The molecule has 0 aliphatic carbocycles. The van der Waals surface area contributed by atoms with Gasteiger partial charge in [0.1, 0.15) is 5.52 Å². The third-order valence-corrected chi connectivity index (χ3v) is 8.36. The van der Waals surface area contributed by atoms with Crippen molar-refractivity contribution in [3.05, 3.63) is 51.5 Å². The van der Waals surface area contributed by atoms with Gasteiger partial charge in [0, 0.05) is 24.2 Å². The number of nitrogens with one attached hydrogen (secondary N) is 1. The largest absolute Gasteiger partial charge is 0.494 e. The standard InChI is InChI=1S/C20H19ClN4O6S2/c1-31-16-9-14(25(27)28)10-17-18(16)22-20(32-17)23-19(26)12-3-2-8-24(11-12)33(29,30)15-6-4-13(21)5-7-15/h4-7,9-10,12H,2-3,8,11H2,1H3,(H,22,23,26). The number of aromatic nitrogens is 1. The summed E-state index contributed by atoms with van der Waals surface area (Å²) in [5.41, 5.74) is 0.259. The maximum absolute atomic E-state index is 13.0. The van der Waals surface area contributed by atoms with Gasteiger partial charge in [0.15, 0.2) is 10.9 Å². The lowest BCUT2D eigenvalue weighted by molar-refractivity contribution is -0.384. The van der Waals surface area contributed by atoms with E-state index in [0.29, 0.717) is 34.6 Å². The van der Waals surface area contributed by atoms with Crippen LogP contribution < -0.4 is 10.1 Å². The highest BCUT2D eigenvalue weighted by Crippen LogP contribution is 2.36. The average Bonchev–Trinajstić information content (AvgIpc) is 3.21. The topological polar surface area (TPSA) is 132 Å². The molecule has 33 heavy (non-hydrogen) atoms. The third kappa shape index (κ3) is 4.78. The highest BCUT2D eigenvalue weighted by molar-refractivity contribution is 7.89. The second-order valence-electron chi connectivity index (χ2n) is 7.42. The van der Waals surface area contributed by atoms with Gasteiger partial charge in [0.05, 0.1) is 33.6 Å². The monoisotopic (exact) mass is 510 g/mol. The van der Waals surface area contributed by atoms with Gasteiger partial charge in [-0.15, -0.1) is 0 Å². The normalized spacial score (nSPS) is 17.1. The van der Waals surface area contributed by atoms with Crippen LogP contribution in [0.4, 0.5) is 10.8 Å². The Balaban J connectivity index is 1.52. The van der Waals surface area contributed by atoms with E-state index in [-0.39, 0.29) is 33.9 Å². The lowest BCUT2D eigenvalue weighted by Crippen LogP contribution is -2.43. The Bertz CT molecular complexity index is 1330. The van der Waals surface area contributed by atoms with Crippen molar-refractivity contribution in [3.8, 4) is 5.75 Å². The van der Waals surface area contributed by atoms with Crippen LogP contribution in [0.2, 0.25) is 5.02 Å². The summed E-state index contributed by atoms with van der Waals surface area (Å²) in [4.78, 5) is 28.0. The zero-order valence-electron chi connectivity index (χ0n) is 17.4. The average molecular weight is 511 g/mol. The number of methoxy groups -OCH3 is 1. The molecule has 1 N–H and O–H groups in total. The number of amides is 1. The van der Waals surface area contributed by atoms with Crippen LogP contribution in [0.25, 0.3) is 10.2 Å². The number of nitrogens with zero attached hydrogens (tertiary/aromatic N) is 3. The number of piperidine rings is 1. The fraction of sp³-hybridized carbons (Fsp3) is 0.300. The molecule has 0 saturated carbocycles. The molecule has 13 heteroatoms. The summed E-state index contributed by atoms with van der Waals surface area (Å²) in [6, 6.07) is 8.53. The van der Waals surface area contributed by atoms with Crippen LogP contribution in [-0.4, -0.2) is 48.7 Å². The molecule has 1 atom stereocenters. The number of thiazole rings is 1. The zero-order valence-corrected chi connectivity index (χ0v) is 19.7. The molecule has 0 radical (unpaired) electrons. The molecule has 1 amide bonds. The van der Waals surface area contributed by atoms with Crippen LogP contribution in [0.1, 0.15) is 12.8 Å². The van der Waals surface area contributed by atoms with Gasteiger partial charge in [-0.3, -0.25) is 14.9 Å². The molecule has 1 unspecified atom stereocenters. The van der Waals surface area contributed by atoms with Crippen LogP contribution in [-0.2, 0) is 14.8 Å². The molecule has 1 aromatic heterocycles. The van der Waals surface area contributed by atoms with E-state index in [2.05, 4.69) is 10.3 Å². The van der Waals surface area contributed by atoms with Gasteiger partial charge in [-0.2, -0.15) is 4.31 Å². The van der Waals surface area contributed by atoms with Crippen molar-refractivity contribution in [2.75, 3.05) is 25.5 Å². The number of hydrogen-bond acceptors (Lipinski definition) is 8. The number of non-ortho nitro benzene ring substituents is 1. The summed E-state index contributed by atoms with van der Waals surface area (Å²) in [5, 5.41) is 14.6. The number of ether oxygens (including phenoxy) is 1. The van der Waals surface area contributed by atoms with E-state index in [1.54, 1.807) is 0 Å². The Morgan fingerprint density at radius 3 is 2.73 bits per heavy atom. The van der Waals surface area contributed by atoms with Crippen LogP contribution in [0.3, 0.4) is 0 Å². The summed E-state index contributed by atoms with van der Waals surface area (Å²) in [7, 11) is -2.38. The summed E-state index contributed by atoms with van der Waals surface area (Å²) < 4.78 is 32.9. The number of carbonyl (C=O) groups excluding carboxylic acids is 1. The quantitative estimate of drug-likeness (QED) is 0.392. The molecule has 1 aliphatic heterocycles. The van der Waals surface area contributed by atoms with Crippen molar-refractivity contribution in [1.82, 2.24) is 9.29 Å². The van der Waals surface area contributed by atoms with Gasteiger partial charge < -0.3 is 10.1 Å². The smallest absolute Gasteiger partial charge is 0.274 e. The van der Waals surface area contributed by atoms with Crippen LogP contribution in [0.15, 0.2) is 41.3 Å². The van der Waals surface area contributed by atoms with E-state index < -0.39 is 20.9 Å². The minimum atomic E-state index is -3.76. The minimum absolute atomic E-state index is 0.0382. The first-order chi connectivity index (χ1) is 15.7. The molecule has 1 fully saturated rings. The molecule has 2 heterocycles. The number of carbonyl (C=O) groups is 1. The number of rotatable bonds is 6. The Morgan fingerprint density at radius 2 is 2.06 bits per heavy atom. The highest BCUT2D eigenvalue weighted by Gasteiger charge is 2.33. The molecule has 3 aromatic rings. The van der Waals surface area contributed by atoms with Crippen LogP contribution in [0, 0.1) is 16.0 Å². The molecule has 1 saturated heterocycles. The summed E-state index contributed by atoms with van der Waals surface area (Å²) in [6.07, 6.45) is 1.06. The number of fused-ring (bicyclic) bond motifs is 1. The molecule has 1 aliphatic rings. The first-order valence-electron chi connectivity index (χ1n) is 9.88. The van der Waals surface area contributed by atoms with Crippen molar-refractivity contribution >= 4 is 59.9 Å². The molecule has 4 rings (SSSR count). The molecule has 0 spiro atoms. The number of anilines is 1. The second kappa shape index (κ2) is 9.21. The van der Waals surface area contributed by atoms with E-state index in [4.69, 9.17) is 16.3 Å². The van der Waals surface area contributed by atoms with Gasteiger partial charge in [-0.05, 0) is 37.1 Å². The number of benzene rings is 2. The summed E-state index contributed by atoms with van der Waals surface area (Å²) in [5.74, 6) is -0.698. The fourth-order valence-corrected chi connectivity index (χ4v) is 6.21. The van der Waals surface area contributed by atoms with Crippen LogP contribution >= 0.6 is 22.9 Å². The van der Waals surface area contributed by atoms with Gasteiger partial charge in [-0.1, -0.05) is 22.9 Å². The lowest BCUT2D eigenvalue weighted by Gasteiger charge is -2.31. The molecule has 174 valence electrons. The van der Waals surface area contributed by atoms with Crippen molar-refractivity contribution in [3.63, 3.8) is 0 Å². The SMILES string of the molecule is COc1cc([N+](=O)[O-])cc2sc(NC(=O)C3CCCN(S(=O)(=O)c4ccc(Cl)cc4)C3)nc12. The van der Waals surface area contributed by atoms with E-state index >= 15 is 0 Å². The number of nitro groups is 1. The number of nitro benzene ring substituents is 1. The second-order valence-corrected chi connectivity index (χ2v) is 10.8. The predicted molar refractivity (Wildman–Crippen MR) is 124 cm³/mol. The van der Waals surface area contributed by atoms with Gasteiger partial charge in [0.25, 0.3) is 5.69 Å². The third-order valence-electron chi connectivity index (χ3n) is 5.31. The number of halogens is 1. The van der Waals surface area contributed by atoms with E-state index in [1.807, 2.05) is 0 Å². The maximum Gasteiger partial charge on any atom is 0.274 e. The molecule has 0 bridgehead atoms. The lowest BCUT2D eigenvalue weighted by atomic mass is 9.99. The summed E-state index contributed by atoms with van der Waals surface area (Å²) >= 11 is 6.94. The summed E-state index contributed by atoms with van der Waals surface area (Å²) in [6.45, 7) is 0.354. The zero-order chi connectivity index (χ0) is 23.8. The Morgan fingerprint density at radius 1 is 1.33 bits per heavy atom. The Hall–Kier alpha value is -2.80. The molecular formula is C20H19ClN4O6S2. The fourth-order valence-electron chi connectivity index (χ4n) is 3.64. The molecular weight excluding hydrogens is 492 g/mol. The first-order valence-corrected chi connectivity index (χ1v) is 12.5. The number of sulfonamides is 1. The highest BCUT2D eigenvalue weighted by atomic mass is 35.5. The first kappa shape index (κ1) is 23.4. The van der Waals surface area contributed by atoms with Crippen molar-refractivity contribution in [1.29, 1.82) is 0 Å².